The molecule has 1 heterocycles. The van der Waals surface area contributed by atoms with Crippen LogP contribution in [-0.4, -0.2) is 27.2 Å². The van der Waals surface area contributed by atoms with E-state index in [1.54, 1.807) is 25.1 Å². The number of nitrogens with zero attached hydrogens (tertiary/aromatic N) is 2. The highest BCUT2D eigenvalue weighted by molar-refractivity contribution is 6.31. The Hall–Kier alpha value is -2.08. The van der Waals surface area contributed by atoms with E-state index in [0.29, 0.717) is 10.8 Å². The standard InChI is InChI=1S/C12H13ClN4O2/c1-7-5-9(3-4-10(7)13)19-8(2)11(18)16-12-14-6-15-17-12/h3-6,8H,1-2H3,(H2,14,15,16,17,18)/t8-/m0/s1. The van der Waals surface area contributed by atoms with Crippen LogP contribution < -0.4 is 10.1 Å². The number of hydrogen-bond donors (Lipinski definition) is 2. The number of hydrogen-bond acceptors (Lipinski definition) is 4. The van der Waals surface area contributed by atoms with Gasteiger partial charge >= 0.3 is 0 Å². The van der Waals surface area contributed by atoms with Gasteiger partial charge in [-0.1, -0.05) is 11.6 Å². The lowest BCUT2D eigenvalue weighted by atomic mass is 10.2. The second-order valence-electron chi connectivity index (χ2n) is 3.99. The molecule has 0 spiro atoms. The van der Waals surface area contributed by atoms with Gasteiger partial charge < -0.3 is 4.74 Å². The molecule has 0 radical (unpaired) electrons. The number of H-pyrrole nitrogens is 1. The first kappa shape index (κ1) is 13.4. The SMILES string of the molecule is Cc1cc(O[C@@H](C)C(=O)Nc2ncn[nH]2)ccc1Cl. The summed E-state index contributed by atoms with van der Waals surface area (Å²) in [5.41, 5.74) is 0.891. The fraction of sp³-hybridized carbons (Fsp3) is 0.250. The molecule has 2 rings (SSSR count). The third kappa shape index (κ3) is 3.45. The third-order valence-electron chi connectivity index (χ3n) is 2.47. The van der Waals surface area contributed by atoms with Gasteiger partial charge in [0.15, 0.2) is 6.10 Å². The molecule has 19 heavy (non-hydrogen) atoms. The smallest absolute Gasteiger partial charge is 0.267 e. The Bertz CT molecular complexity index is 571. The first-order valence-corrected chi connectivity index (χ1v) is 6.03. The monoisotopic (exact) mass is 280 g/mol. The van der Waals surface area contributed by atoms with E-state index in [-0.39, 0.29) is 11.9 Å². The molecule has 0 saturated heterocycles. The number of halogens is 1. The first-order valence-electron chi connectivity index (χ1n) is 5.65. The van der Waals surface area contributed by atoms with E-state index in [9.17, 15) is 4.79 Å². The fourth-order valence-electron chi connectivity index (χ4n) is 1.43. The van der Waals surface area contributed by atoms with Crippen LogP contribution in [-0.2, 0) is 4.79 Å². The van der Waals surface area contributed by atoms with Gasteiger partial charge in [0, 0.05) is 5.02 Å². The van der Waals surface area contributed by atoms with Crippen LogP contribution in [0.4, 0.5) is 5.95 Å². The normalized spacial score (nSPS) is 11.9. The molecule has 0 bridgehead atoms. The van der Waals surface area contributed by atoms with E-state index < -0.39 is 6.10 Å². The molecule has 2 aromatic rings. The third-order valence-corrected chi connectivity index (χ3v) is 2.89. The molecule has 0 aliphatic carbocycles. The lowest BCUT2D eigenvalue weighted by molar-refractivity contribution is -0.122. The van der Waals surface area contributed by atoms with Gasteiger partial charge in [-0.15, -0.1) is 0 Å². The minimum absolute atomic E-state index is 0.285. The van der Waals surface area contributed by atoms with Crippen molar-refractivity contribution >= 4 is 23.5 Å². The maximum atomic E-state index is 11.8. The van der Waals surface area contributed by atoms with Crippen LogP contribution in [0.15, 0.2) is 24.5 Å². The maximum Gasteiger partial charge on any atom is 0.267 e. The van der Waals surface area contributed by atoms with Crippen molar-refractivity contribution in [2.75, 3.05) is 5.32 Å². The summed E-state index contributed by atoms with van der Waals surface area (Å²) in [5, 5.41) is 9.38. The Balaban J connectivity index is 1.98. The van der Waals surface area contributed by atoms with Gasteiger partial charge in [-0.25, -0.2) is 5.10 Å². The maximum absolute atomic E-state index is 11.8. The Morgan fingerprint density at radius 1 is 1.53 bits per heavy atom. The molecule has 7 heteroatoms. The van der Waals surface area contributed by atoms with E-state index in [1.165, 1.54) is 6.33 Å². The quantitative estimate of drug-likeness (QED) is 0.899. The molecule has 0 saturated carbocycles. The summed E-state index contributed by atoms with van der Waals surface area (Å²) in [6.45, 7) is 3.52. The van der Waals surface area contributed by atoms with Crippen molar-refractivity contribution in [1.82, 2.24) is 15.2 Å². The zero-order valence-electron chi connectivity index (χ0n) is 10.5. The molecule has 1 amide bonds. The minimum atomic E-state index is -0.661. The van der Waals surface area contributed by atoms with Gasteiger partial charge in [-0.05, 0) is 37.6 Å². The van der Waals surface area contributed by atoms with Crippen molar-refractivity contribution in [2.24, 2.45) is 0 Å². The average molecular weight is 281 g/mol. The molecule has 2 N–H and O–H groups in total. The Kier molecular flexibility index (Phi) is 4.01. The van der Waals surface area contributed by atoms with Crippen molar-refractivity contribution in [1.29, 1.82) is 0 Å². The average Bonchev–Trinajstić information content (AvgIpc) is 2.86. The van der Waals surface area contributed by atoms with Crippen LogP contribution in [0.1, 0.15) is 12.5 Å². The molecule has 0 aliphatic rings. The van der Waals surface area contributed by atoms with Crippen molar-refractivity contribution < 1.29 is 9.53 Å². The predicted molar refractivity (Wildman–Crippen MR) is 71.3 cm³/mol. The van der Waals surface area contributed by atoms with E-state index in [0.717, 1.165) is 5.56 Å². The number of carbonyl (C=O) groups is 1. The number of nitrogens with one attached hydrogen (secondary N) is 2. The lowest BCUT2D eigenvalue weighted by Gasteiger charge is -2.14. The van der Waals surface area contributed by atoms with E-state index in [4.69, 9.17) is 16.3 Å². The molecule has 0 fully saturated rings. The van der Waals surface area contributed by atoms with Gasteiger partial charge in [0.05, 0.1) is 0 Å². The second kappa shape index (κ2) is 5.71. The van der Waals surface area contributed by atoms with Crippen molar-refractivity contribution in [3.05, 3.63) is 35.1 Å². The van der Waals surface area contributed by atoms with E-state index in [2.05, 4.69) is 20.5 Å². The molecule has 6 nitrogen and oxygen atoms in total. The van der Waals surface area contributed by atoms with Gasteiger partial charge in [-0.3, -0.25) is 10.1 Å². The van der Waals surface area contributed by atoms with E-state index in [1.807, 2.05) is 6.92 Å². The predicted octanol–water partition coefficient (Wildman–Crippen LogP) is 2.17. The summed E-state index contributed by atoms with van der Waals surface area (Å²) in [6.07, 6.45) is 0.648. The number of aromatic nitrogens is 3. The van der Waals surface area contributed by atoms with Crippen molar-refractivity contribution in [3.63, 3.8) is 0 Å². The van der Waals surface area contributed by atoms with Crippen LogP contribution in [0.25, 0.3) is 0 Å². The van der Waals surface area contributed by atoms with Crippen LogP contribution >= 0.6 is 11.6 Å². The highest BCUT2D eigenvalue weighted by atomic mass is 35.5. The van der Waals surface area contributed by atoms with Crippen LogP contribution in [0.3, 0.4) is 0 Å². The zero-order chi connectivity index (χ0) is 13.8. The Labute approximate surface area is 115 Å². The van der Waals surface area contributed by atoms with Gasteiger partial charge in [0.25, 0.3) is 5.91 Å². The molecule has 0 aliphatic heterocycles. The lowest BCUT2D eigenvalue weighted by Crippen LogP contribution is -2.30. The highest BCUT2D eigenvalue weighted by Crippen LogP contribution is 2.21. The molecule has 1 aromatic heterocycles. The summed E-state index contributed by atoms with van der Waals surface area (Å²) in [4.78, 5) is 15.6. The van der Waals surface area contributed by atoms with Crippen molar-refractivity contribution in [2.45, 2.75) is 20.0 Å². The largest absolute Gasteiger partial charge is 0.481 e. The number of amides is 1. The van der Waals surface area contributed by atoms with E-state index >= 15 is 0 Å². The number of carbonyl (C=O) groups excluding carboxylic acids is 1. The van der Waals surface area contributed by atoms with Crippen molar-refractivity contribution in [3.8, 4) is 5.75 Å². The molecule has 0 unspecified atom stereocenters. The summed E-state index contributed by atoms with van der Waals surface area (Å²) in [6, 6.07) is 5.22. The summed E-state index contributed by atoms with van der Waals surface area (Å²) in [5.74, 6) is 0.555. The highest BCUT2D eigenvalue weighted by Gasteiger charge is 2.16. The number of benzene rings is 1. The van der Waals surface area contributed by atoms with Gasteiger partial charge in [-0.2, -0.15) is 10.1 Å². The molecule has 100 valence electrons. The molecular formula is C12H13ClN4O2. The molecular weight excluding hydrogens is 268 g/mol. The number of anilines is 1. The summed E-state index contributed by atoms with van der Waals surface area (Å²) < 4.78 is 5.53. The number of rotatable bonds is 4. The summed E-state index contributed by atoms with van der Waals surface area (Å²) >= 11 is 5.92. The number of aryl methyl sites for hydroxylation is 1. The van der Waals surface area contributed by atoms with Crippen LogP contribution in [0, 0.1) is 6.92 Å². The number of ether oxygens (including phenoxy) is 1. The molecule has 1 atom stereocenters. The second-order valence-corrected chi connectivity index (χ2v) is 4.40. The number of aromatic amines is 1. The Morgan fingerprint density at radius 3 is 2.95 bits per heavy atom. The Morgan fingerprint density at radius 2 is 2.32 bits per heavy atom. The van der Waals surface area contributed by atoms with Gasteiger partial charge in [0.2, 0.25) is 5.95 Å². The van der Waals surface area contributed by atoms with Crippen LogP contribution in [0.5, 0.6) is 5.75 Å². The topological polar surface area (TPSA) is 79.9 Å². The van der Waals surface area contributed by atoms with Gasteiger partial charge in [0.1, 0.15) is 12.1 Å². The zero-order valence-corrected chi connectivity index (χ0v) is 11.2. The first-order chi connectivity index (χ1) is 9.06. The minimum Gasteiger partial charge on any atom is -0.481 e. The summed E-state index contributed by atoms with van der Waals surface area (Å²) in [7, 11) is 0. The molecule has 1 aromatic carbocycles. The fourth-order valence-corrected chi connectivity index (χ4v) is 1.55. The van der Waals surface area contributed by atoms with Crippen LogP contribution in [0.2, 0.25) is 5.02 Å².